The maximum absolute atomic E-state index is 6.00. The third-order valence-corrected chi connectivity index (χ3v) is 2.63. The second kappa shape index (κ2) is 2.11. The molecule has 3 heteroatoms. The van der Waals surface area contributed by atoms with Crippen LogP contribution in [0.4, 0.5) is 0 Å². The lowest BCUT2D eigenvalue weighted by molar-refractivity contribution is 0.0467. The maximum Gasteiger partial charge on any atom is 0.0979 e. The molecule has 2 bridgehead atoms. The van der Waals surface area contributed by atoms with Crippen molar-refractivity contribution in [1.29, 1.82) is 0 Å². The van der Waals surface area contributed by atoms with Crippen molar-refractivity contribution in [2.45, 2.75) is 5.50 Å². The third kappa shape index (κ3) is 0.955. The Balaban J connectivity index is 2.06. The number of hydrogen-bond acceptors (Lipinski definition) is 2. The van der Waals surface area contributed by atoms with Crippen LogP contribution in [0.1, 0.15) is 0 Å². The van der Waals surface area contributed by atoms with Crippen molar-refractivity contribution in [3.63, 3.8) is 0 Å². The molecule has 3 saturated heterocycles. The molecule has 0 spiro atoms. The van der Waals surface area contributed by atoms with E-state index in [1.54, 1.807) is 0 Å². The molecule has 52 valence electrons. The average Bonchev–Trinajstić information content (AvgIpc) is 1.90. The van der Waals surface area contributed by atoms with Crippen molar-refractivity contribution in [2.75, 3.05) is 32.7 Å². The fourth-order valence-electron chi connectivity index (χ4n) is 1.55. The molecule has 0 radical (unpaired) electrons. The Kier molecular flexibility index (Phi) is 1.40. The minimum atomic E-state index is 0.299. The molecule has 1 unspecified atom stereocenters. The van der Waals surface area contributed by atoms with Crippen molar-refractivity contribution in [3.8, 4) is 0 Å². The predicted molar refractivity (Wildman–Crippen MR) is 37.7 cm³/mol. The van der Waals surface area contributed by atoms with E-state index >= 15 is 0 Å². The highest BCUT2D eigenvalue weighted by Gasteiger charge is 2.29. The van der Waals surface area contributed by atoms with E-state index in [1.165, 1.54) is 26.2 Å². The van der Waals surface area contributed by atoms with E-state index in [2.05, 4.69) is 9.80 Å². The normalized spacial score (nSPS) is 49.7. The quantitative estimate of drug-likeness (QED) is 0.356. The van der Waals surface area contributed by atoms with Crippen molar-refractivity contribution >= 4 is 11.6 Å². The highest BCUT2D eigenvalue weighted by Crippen LogP contribution is 2.17. The number of hydrogen-bond donors (Lipinski definition) is 0. The molecule has 0 N–H and O–H groups in total. The summed E-state index contributed by atoms with van der Waals surface area (Å²) in [6.45, 7) is 5.87. The molecule has 2 nitrogen and oxygen atoms in total. The number of halogens is 1. The van der Waals surface area contributed by atoms with E-state index in [0.717, 1.165) is 6.54 Å². The molecule has 3 rings (SSSR count). The maximum atomic E-state index is 6.00. The monoisotopic (exact) mass is 146 g/mol. The smallest absolute Gasteiger partial charge is 0.0979 e. The highest BCUT2D eigenvalue weighted by molar-refractivity contribution is 6.20. The molecule has 3 aliphatic rings. The molecule has 0 aliphatic carbocycles. The van der Waals surface area contributed by atoms with Crippen molar-refractivity contribution in [3.05, 3.63) is 0 Å². The Labute approximate surface area is 60.4 Å². The molecule has 0 saturated carbocycles. The van der Waals surface area contributed by atoms with Gasteiger partial charge in [-0.05, 0) is 0 Å². The topological polar surface area (TPSA) is 6.48 Å². The molecule has 3 aliphatic heterocycles. The van der Waals surface area contributed by atoms with E-state index in [4.69, 9.17) is 11.6 Å². The van der Waals surface area contributed by atoms with Gasteiger partial charge in [-0.3, -0.25) is 9.80 Å². The SMILES string of the molecule is ClC1CN2CCN1CC2. The fourth-order valence-corrected chi connectivity index (χ4v) is 1.94. The lowest BCUT2D eigenvalue weighted by Crippen LogP contribution is -2.58. The molecule has 3 fully saturated rings. The summed E-state index contributed by atoms with van der Waals surface area (Å²) in [5.74, 6) is 0. The molecular weight excluding hydrogens is 136 g/mol. The number of piperazine rings is 3. The van der Waals surface area contributed by atoms with Gasteiger partial charge >= 0.3 is 0 Å². The lowest BCUT2D eigenvalue weighted by atomic mass is 10.2. The summed E-state index contributed by atoms with van der Waals surface area (Å²) in [6, 6.07) is 0. The van der Waals surface area contributed by atoms with Crippen LogP contribution in [-0.4, -0.2) is 48.0 Å². The summed E-state index contributed by atoms with van der Waals surface area (Å²) in [5.41, 5.74) is 0.299. The summed E-state index contributed by atoms with van der Waals surface area (Å²) < 4.78 is 0. The first-order valence-corrected chi connectivity index (χ1v) is 3.90. The van der Waals surface area contributed by atoms with Crippen LogP contribution in [0.3, 0.4) is 0 Å². The zero-order valence-electron chi connectivity index (χ0n) is 5.39. The zero-order chi connectivity index (χ0) is 6.27. The Bertz CT molecular complexity index is 110. The number of fused-ring (bicyclic) bond motifs is 3. The van der Waals surface area contributed by atoms with Gasteiger partial charge in [0.25, 0.3) is 0 Å². The first-order valence-electron chi connectivity index (χ1n) is 3.47. The van der Waals surface area contributed by atoms with Crippen LogP contribution in [0.15, 0.2) is 0 Å². The van der Waals surface area contributed by atoms with Crippen molar-refractivity contribution in [2.24, 2.45) is 0 Å². The minimum absolute atomic E-state index is 0.299. The van der Waals surface area contributed by atoms with Gasteiger partial charge in [-0.25, -0.2) is 0 Å². The van der Waals surface area contributed by atoms with Gasteiger partial charge in [0, 0.05) is 32.7 Å². The van der Waals surface area contributed by atoms with E-state index < -0.39 is 0 Å². The number of alkyl halides is 1. The van der Waals surface area contributed by atoms with Gasteiger partial charge in [0.05, 0.1) is 5.50 Å². The van der Waals surface area contributed by atoms with E-state index in [1.807, 2.05) is 0 Å². The van der Waals surface area contributed by atoms with Crippen molar-refractivity contribution < 1.29 is 0 Å². The van der Waals surface area contributed by atoms with Gasteiger partial charge in [0.1, 0.15) is 0 Å². The molecular formula is C6H11ClN2. The van der Waals surface area contributed by atoms with Crippen LogP contribution in [0.25, 0.3) is 0 Å². The summed E-state index contributed by atoms with van der Waals surface area (Å²) in [4.78, 5) is 4.78. The van der Waals surface area contributed by atoms with Gasteiger partial charge < -0.3 is 0 Å². The molecule has 3 heterocycles. The zero-order valence-corrected chi connectivity index (χ0v) is 6.14. The first-order chi connectivity index (χ1) is 4.36. The van der Waals surface area contributed by atoms with Crippen LogP contribution in [0.5, 0.6) is 0 Å². The first kappa shape index (κ1) is 5.96. The largest absolute Gasteiger partial charge is 0.298 e. The van der Waals surface area contributed by atoms with Gasteiger partial charge in [-0.1, -0.05) is 0 Å². The standard InChI is InChI=1S/C6H11ClN2/c7-6-5-8-1-3-9(6)4-2-8/h6H,1-5H2. The molecule has 0 aromatic rings. The molecule has 9 heavy (non-hydrogen) atoms. The average molecular weight is 147 g/mol. The summed E-state index contributed by atoms with van der Waals surface area (Å²) in [5, 5.41) is 0. The summed E-state index contributed by atoms with van der Waals surface area (Å²) in [7, 11) is 0. The van der Waals surface area contributed by atoms with Gasteiger partial charge in [0.15, 0.2) is 0 Å². The predicted octanol–water partition coefficient (Wildman–Crippen LogP) is 0.183. The lowest BCUT2D eigenvalue weighted by Gasteiger charge is -2.44. The Morgan fingerprint density at radius 3 is 2.00 bits per heavy atom. The molecule has 0 amide bonds. The Morgan fingerprint density at radius 2 is 1.78 bits per heavy atom. The van der Waals surface area contributed by atoms with Crippen LogP contribution in [-0.2, 0) is 0 Å². The summed E-state index contributed by atoms with van der Waals surface area (Å²) in [6.07, 6.45) is 0. The third-order valence-electron chi connectivity index (χ3n) is 2.21. The van der Waals surface area contributed by atoms with Crippen LogP contribution in [0, 0.1) is 0 Å². The number of nitrogens with zero attached hydrogens (tertiary/aromatic N) is 2. The van der Waals surface area contributed by atoms with Crippen LogP contribution in [0.2, 0.25) is 0 Å². The van der Waals surface area contributed by atoms with Crippen LogP contribution < -0.4 is 0 Å². The minimum Gasteiger partial charge on any atom is -0.298 e. The van der Waals surface area contributed by atoms with E-state index in [-0.39, 0.29) is 0 Å². The van der Waals surface area contributed by atoms with Crippen molar-refractivity contribution in [1.82, 2.24) is 9.80 Å². The van der Waals surface area contributed by atoms with E-state index in [9.17, 15) is 0 Å². The highest BCUT2D eigenvalue weighted by atomic mass is 35.5. The van der Waals surface area contributed by atoms with Gasteiger partial charge in [0.2, 0.25) is 0 Å². The Morgan fingerprint density at radius 1 is 1.11 bits per heavy atom. The Hall–Kier alpha value is 0.210. The van der Waals surface area contributed by atoms with Gasteiger partial charge in [-0.15, -0.1) is 11.6 Å². The van der Waals surface area contributed by atoms with E-state index in [0.29, 0.717) is 5.50 Å². The second-order valence-electron chi connectivity index (χ2n) is 2.77. The molecule has 0 aromatic heterocycles. The summed E-state index contributed by atoms with van der Waals surface area (Å²) >= 11 is 6.00. The fraction of sp³-hybridized carbons (Fsp3) is 1.00. The van der Waals surface area contributed by atoms with Gasteiger partial charge in [-0.2, -0.15) is 0 Å². The molecule has 0 aromatic carbocycles. The number of rotatable bonds is 0. The second-order valence-corrected chi connectivity index (χ2v) is 3.27. The molecule has 1 atom stereocenters. The van der Waals surface area contributed by atoms with Crippen LogP contribution >= 0.6 is 11.6 Å².